The van der Waals surface area contributed by atoms with E-state index in [4.69, 9.17) is 9.57 Å². The van der Waals surface area contributed by atoms with E-state index in [0.717, 1.165) is 50.9 Å². The number of hydrogen-bond acceptors (Lipinski definition) is 5. The van der Waals surface area contributed by atoms with E-state index in [1.165, 1.54) is 19.2 Å². The lowest BCUT2D eigenvalue weighted by Crippen LogP contribution is -2.54. The van der Waals surface area contributed by atoms with Crippen LogP contribution in [-0.4, -0.2) is 42.5 Å². The number of ether oxygens (including phenoxy) is 1. The van der Waals surface area contributed by atoms with Crippen molar-refractivity contribution >= 4 is 11.7 Å². The summed E-state index contributed by atoms with van der Waals surface area (Å²) in [6, 6.07) is 5.10. The fourth-order valence-electron chi connectivity index (χ4n) is 4.99. The fraction of sp³-hybridized carbons (Fsp3) is 0.619. The summed E-state index contributed by atoms with van der Waals surface area (Å²) in [4.78, 5) is 20.7. The maximum absolute atomic E-state index is 12.9. The maximum Gasteiger partial charge on any atom is 0.416 e. The van der Waals surface area contributed by atoms with Crippen LogP contribution in [0.15, 0.2) is 29.4 Å². The van der Waals surface area contributed by atoms with E-state index >= 15 is 0 Å². The number of likely N-dealkylation sites (tertiary alicyclic amines) is 1. The highest BCUT2D eigenvalue weighted by Gasteiger charge is 2.56. The van der Waals surface area contributed by atoms with Gasteiger partial charge in [0.1, 0.15) is 0 Å². The first-order valence-electron chi connectivity index (χ1n) is 10.1. The molecule has 1 saturated carbocycles. The molecule has 5 nitrogen and oxygen atoms in total. The van der Waals surface area contributed by atoms with E-state index < -0.39 is 17.5 Å². The van der Waals surface area contributed by atoms with Crippen LogP contribution in [-0.2, 0) is 20.5 Å². The van der Waals surface area contributed by atoms with Crippen molar-refractivity contribution in [1.29, 1.82) is 0 Å². The zero-order valence-electron chi connectivity index (χ0n) is 16.4. The number of esters is 1. The second-order valence-electron chi connectivity index (χ2n) is 8.09. The number of carbonyl (C=O) groups is 1. The predicted molar refractivity (Wildman–Crippen MR) is 100 cm³/mol. The van der Waals surface area contributed by atoms with Gasteiger partial charge in [0, 0.05) is 19.5 Å². The maximum atomic E-state index is 12.9. The first-order chi connectivity index (χ1) is 13.8. The molecule has 0 N–H and O–H groups in total. The number of hydrogen-bond donors (Lipinski definition) is 0. The molecule has 1 aromatic rings. The molecule has 1 aliphatic carbocycles. The molecule has 0 amide bonds. The summed E-state index contributed by atoms with van der Waals surface area (Å²) in [5.41, 5.74) is -0.0981. The molecule has 0 bridgehead atoms. The van der Waals surface area contributed by atoms with Gasteiger partial charge in [-0.2, -0.15) is 13.2 Å². The number of oxime groups is 1. The Kier molecular flexibility index (Phi) is 5.31. The van der Waals surface area contributed by atoms with E-state index in [1.807, 2.05) is 0 Å². The summed E-state index contributed by atoms with van der Waals surface area (Å²) in [6.07, 6.45) is 0.502. The Morgan fingerprint density at radius 2 is 1.86 bits per heavy atom. The van der Waals surface area contributed by atoms with Crippen molar-refractivity contribution in [1.82, 2.24) is 4.90 Å². The van der Waals surface area contributed by atoms with Gasteiger partial charge in [0.15, 0.2) is 0 Å². The van der Waals surface area contributed by atoms with Crippen molar-refractivity contribution in [3.8, 4) is 0 Å². The number of rotatable bonds is 3. The van der Waals surface area contributed by atoms with Crippen molar-refractivity contribution in [3.63, 3.8) is 0 Å². The molecular weight excluding hydrogens is 385 g/mol. The number of alkyl halides is 3. The Morgan fingerprint density at radius 1 is 1.17 bits per heavy atom. The van der Waals surface area contributed by atoms with Crippen LogP contribution in [0.25, 0.3) is 0 Å². The molecule has 3 atom stereocenters. The third-order valence-electron chi connectivity index (χ3n) is 6.44. The fourth-order valence-corrected chi connectivity index (χ4v) is 4.99. The molecule has 8 heteroatoms. The molecule has 1 saturated heterocycles. The zero-order valence-corrected chi connectivity index (χ0v) is 16.4. The van der Waals surface area contributed by atoms with Crippen LogP contribution in [0.5, 0.6) is 0 Å². The molecule has 2 fully saturated rings. The second kappa shape index (κ2) is 7.63. The zero-order chi connectivity index (χ0) is 20.6. The van der Waals surface area contributed by atoms with Crippen molar-refractivity contribution in [2.75, 3.05) is 20.2 Å². The highest BCUT2D eigenvalue weighted by molar-refractivity contribution is 6.03. The van der Waals surface area contributed by atoms with Crippen molar-refractivity contribution < 1.29 is 27.5 Å². The predicted octanol–water partition coefficient (Wildman–Crippen LogP) is 4.21. The number of fused-ring (bicyclic) bond motifs is 1. The van der Waals surface area contributed by atoms with Crippen molar-refractivity contribution in [3.05, 3.63) is 35.4 Å². The van der Waals surface area contributed by atoms with Crippen LogP contribution in [0.2, 0.25) is 0 Å². The molecule has 158 valence electrons. The quantitative estimate of drug-likeness (QED) is 0.701. The Hall–Kier alpha value is -2.09. The number of methoxy groups -OCH3 is 1. The van der Waals surface area contributed by atoms with Gasteiger partial charge in [-0.05, 0) is 43.4 Å². The second-order valence-corrected chi connectivity index (χ2v) is 8.09. The van der Waals surface area contributed by atoms with Crippen LogP contribution in [0.1, 0.15) is 49.7 Å². The monoisotopic (exact) mass is 410 g/mol. The Labute approximate surface area is 167 Å². The first kappa shape index (κ1) is 20.2. The summed E-state index contributed by atoms with van der Waals surface area (Å²) in [5.74, 6) is -0.601. The number of nitrogens with zero attached hydrogens (tertiary/aromatic N) is 2. The van der Waals surface area contributed by atoms with Gasteiger partial charge in [0.05, 0.1) is 30.2 Å². The number of benzene rings is 1. The van der Waals surface area contributed by atoms with Gasteiger partial charge < -0.3 is 9.57 Å². The van der Waals surface area contributed by atoms with Crippen LogP contribution in [0.3, 0.4) is 0 Å². The standard InChI is InChI=1S/C21H25F3N2O3/c1-28-19(27)15-5-4-6-17-18(14-7-9-16(10-8-14)21(22,23)24)25-29-20(17,13-15)26-11-2-3-12-26/h7-10,15,17H,2-6,11-13H2,1H3. The summed E-state index contributed by atoms with van der Waals surface area (Å²) in [5, 5.41) is 4.36. The van der Waals surface area contributed by atoms with Gasteiger partial charge >= 0.3 is 12.1 Å². The van der Waals surface area contributed by atoms with Gasteiger partial charge in [0.2, 0.25) is 5.72 Å². The molecule has 0 aromatic heterocycles. The largest absolute Gasteiger partial charge is 0.469 e. The molecule has 29 heavy (non-hydrogen) atoms. The third kappa shape index (κ3) is 3.63. The highest BCUT2D eigenvalue weighted by Crippen LogP contribution is 2.47. The molecule has 2 aliphatic heterocycles. The Balaban J connectivity index is 1.66. The molecule has 0 radical (unpaired) electrons. The van der Waals surface area contributed by atoms with Crippen molar-refractivity contribution in [2.45, 2.75) is 50.4 Å². The topological polar surface area (TPSA) is 51.1 Å². The van der Waals surface area contributed by atoms with E-state index in [9.17, 15) is 18.0 Å². The molecule has 3 aliphatic rings. The normalized spacial score (nSPS) is 30.3. The average Bonchev–Trinajstić information content (AvgIpc) is 3.32. The van der Waals surface area contributed by atoms with Crippen LogP contribution in [0, 0.1) is 11.8 Å². The summed E-state index contributed by atoms with van der Waals surface area (Å²) < 4.78 is 43.8. The highest BCUT2D eigenvalue weighted by atomic mass is 19.4. The summed E-state index contributed by atoms with van der Waals surface area (Å²) in [6.45, 7) is 1.72. The minimum atomic E-state index is -4.37. The number of halogens is 3. The molecule has 2 heterocycles. The van der Waals surface area contributed by atoms with Crippen LogP contribution < -0.4 is 0 Å². The summed E-state index contributed by atoms with van der Waals surface area (Å²) >= 11 is 0. The molecule has 1 aromatic carbocycles. The molecule has 3 unspecified atom stereocenters. The minimum Gasteiger partial charge on any atom is -0.469 e. The van der Waals surface area contributed by atoms with Gasteiger partial charge in [-0.3, -0.25) is 9.69 Å². The van der Waals surface area contributed by atoms with Gasteiger partial charge in [-0.15, -0.1) is 0 Å². The lowest BCUT2D eigenvalue weighted by molar-refractivity contribution is -0.172. The van der Waals surface area contributed by atoms with E-state index in [2.05, 4.69) is 10.1 Å². The molecule has 4 rings (SSSR count). The van der Waals surface area contributed by atoms with E-state index in [-0.39, 0.29) is 17.8 Å². The molecular formula is C21H25F3N2O3. The van der Waals surface area contributed by atoms with Crippen LogP contribution in [0.4, 0.5) is 13.2 Å². The molecule has 0 spiro atoms. The van der Waals surface area contributed by atoms with E-state index in [0.29, 0.717) is 24.1 Å². The Morgan fingerprint density at radius 3 is 2.48 bits per heavy atom. The number of carbonyl (C=O) groups excluding carboxylic acids is 1. The van der Waals surface area contributed by atoms with Crippen molar-refractivity contribution in [2.24, 2.45) is 17.0 Å². The first-order valence-corrected chi connectivity index (χ1v) is 10.1. The SMILES string of the molecule is COC(=O)C1CCCC2C(c3ccc(C(F)(F)F)cc3)=NOC2(N2CCCC2)C1. The van der Waals surface area contributed by atoms with Gasteiger partial charge in [0.25, 0.3) is 0 Å². The smallest absolute Gasteiger partial charge is 0.416 e. The third-order valence-corrected chi connectivity index (χ3v) is 6.44. The lowest BCUT2D eigenvalue weighted by Gasteiger charge is -2.40. The average molecular weight is 410 g/mol. The Bertz CT molecular complexity index is 787. The van der Waals surface area contributed by atoms with E-state index in [1.54, 1.807) is 0 Å². The lowest BCUT2D eigenvalue weighted by atomic mass is 9.82. The van der Waals surface area contributed by atoms with Gasteiger partial charge in [-0.1, -0.05) is 23.7 Å². The minimum absolute atomic E-state index is 0.0907. The summed E-state index contributed by atoms with van der Waals surface area (Å²) in [7, 11) is 1.40. The van der Waals surface area contributed by atoms with Crippen LogP contribution >= 0.6 is 0 Å². The van der Waals surface area contributed by atoms with Gasteiger partial charge in [-0.25, -0.2) is 0 Å².